The number of hydrogen-bond acceptors (Lipinski definition) is 4. The molecule has 106 valence electrons. The smallest absolute Gasteiger partial charge is 0.0900 e. The lowest BCUT2D eigenvalue weighted by molar-refractivity contribution is -0.00254. The van der Waals surface area contributed by atoms with Crippen molar-refractivity contribution in [3.05, 3.63) is 0 Å². The number of rotatable bonds is 7. The number of hydrogen-bond donors (Lipinski definition) is 2. The predicted octanol–water partition coefficient (Wildman–Crippen LogP) is 1.12. The van der Waals surface area contributed by atoms with Gasteiger partial charge in [0.25, 0.3) is 0 Å². The van der Waals surface area contributed by atoms with Crippen molar-refractivity contribution in [1.82, 2.24) is 4.90 Å². The summed E-state index contributed by atoms with van der Waals surface area (Å²) in [6.07, 6.45) is 6.57. The minimum Gasteiger partial charge on any atom is -0.389 e. The van der Waals surface area contributed by atoms with Crippen molar-refractivity contribution in [2.45, 2.75) is 69.7 Å². The molecule has 3 N–H and O–H groups in total. The molecule has 0 amide bonds. The van der Waals surface area contributed by atoms with Gasteiger partial charge < -0.3 is 15.6 Å². The van der Waals surface area contributed by atoms with Crippen LogP contribution in [0.4, 0.5) is 0 Å². The number of aliphatic hydroxyl groups is 1. The number of nitrogens with two attached hydrogens (primary N) is 1. The second-order valence-electron chi connectivity index (χ2n) is 5.90. The van der Waals surface area contributed by atoms with Crippen LogP contribution in [0, 0.1) is 0 Å². The molecule has 3 atom stereocenters. The fraction of sp³-hybridized carbons (Fsp3) is 1.00. The molecule has 0 aromatic heterocycles. The molecule has 2 bridgehead atoms. The highest BCUT2D eigenvalue weighted by Crippen LogP contribution is 2.34. The highest BCUT2D eigenvalue weighted by molar-refractivity contribution is 4.97. The third kappa shape index (κ3) is 3.67. The standard InChI is InChI=1S/C14H28N2O2/c1-2-3-6-18-10-14(17)9-16-12-4-5-13(16)8-11(15)7-12/h11-14,17H,2-10,15H2,1H3. The van der Waals surface area contributed by atoms with Crippen LogP contribution in [0.15, 0.2) is 0 Å². The molecular formula is C14H28N2O2. The maximum absolute atomic E-state index is 10.0. The van der Waals surface area contributed by atoms with Gasteiger partial charge in [-0.15, -0.1) is 0 Å². The Bertz CT molecular complexity index is 236. The molecule has 0 aromatic carbocycles. The molecule has 4 heteroatoms. The van der Waals surface area contributed by atoms with Crippen molar-refractivity contribution in [2.24, 2.45) is 5.73 Å². The number of aliphatic hydroxyl groups excluding tert-OH is 1. The second kappa shape index (κ2) is 6.85. The number of nitrogens with zero attached hydrogens (tertiary/aromatic N) is 1. The van der Waals surface area contributed by atoms with Gasteiger partial charge in [0.15, 0.2) is 0 Å². The average Bonchev–Trinajstić information content (AvgIpc) is 2.59. The number of fused-ring (bicyclic) bond motifs is 2. The summed E-state index contributed by atoms with van der Waals surface area (Å²) in [7, 11) is 0. The van der Waals surface area contributed by atoms with E-state index in [1.165, 1.54) is 12.8 Å². The van der Waals surface area contributed by atoms with Gasteiger partial charge in [0.05, 0.1) is 12.7 Å². The van der Waals surface area contributed by atoms with Crippen LogP contribution < -0.4 is 5.73 Å². The molecule has 2 saturated heterocycles. The van der Waals surface area contributed by atoms with E-state index in [2.05, 4.69) is 11.8 Å². The second-order valence-corrected chi connectivity index (χ2v) is 5.90. The van der Waals surface area contributed by atoms with E-state index in [1.54, 1.807) is 0 Å². The molecule has 4 nitrogen and oxygen atoms in total. The minimum atomic E-state index is -0.348. The highest BCUT2D eigenvalue weighted by Gasteiger charge is 2.39. The molecule has 2 fully saturated rings. The van der Waals surface area contributed by atoms with Gasteiger partial charge in [-0.1, -0.05) is 13.3 Å². The van der Waals surface area contributed by atoms with Crippen LogP contribution in [-0.4, -0.2) is 54.0 Å². The average molecular weight is 256 g/mol. The van der Waals surface area contributed by atoms with E-state index in [1.807, 2.05) is 0 Å². The lowest BCUT2D eigenvalue weighted by atomic mass is 9.98. The lowest BCUT2D eigenvalue weighted by Gasteiger charge is -2.38. The molecule has 3 unspecified atom stereocenters. The van der Waals surface area contributed by atoms with Crippen molar-refractivity contribution in [3.8, 4) is 0 Å². The molecule has 0 saturated carbocycles. The van der Waals surface area contributed by atoms with Gasteiger partial charge in [0.1, 0.15) is 0 Å². The predicted molar refractivity (Wildman–Crippen MR) is 72.5 cm³/mol. The zero-order valence-corrected chi connectivity index (χ0v) is 11.6. The molecular weight excluding hydrogens is 228 g/mol. The van der Waals surface area contributed by atoms with Gasteiger partial charge in [-0.2, -0.15) is 0 Å². The van der Waals surface area contributed by atoms with Crippen molar-refractivity contribution in [3.63, 3.8) is 0 Å². The monoisotopic (exact) mass is 256 g/mol. The molecule has 0 aliphatic carbocycles. The summed E-state index contributed by atoms with van der Waals surface area (Å²) in [5.41, 5.74) is 6.05. The Balaban J connectivity index is 1.69. The molecule has 2 aliphatic heterocycles. The first-order valence-electron chi connectivity index (χ1n) is 7.47. The van der Waals surface area contributed by atoms with Crippen LogP contribution in [0.3, 0.4) is 0 Å². The Morgan fingerprint density at radius 3 is 2.61 bits per heavy atom. The summed E-state index contributed by atoms with van der Waals surface area (Å²) in [4.78, 5) is 2.47. The topological polar surface area (TPSA) is 58.7 Å². The molecule has 0 radical (unpaired) electrons. The summed E-state index contributed by atoms with van der Waals surface area (Å²) >= 11 is 0. The Kier molecular flexibility index (Phi) is 5.42. The first-order chi connectivity index (χ1) is 8.70. The van der Waals surface area contributed by atoms with Gasteiger partial charge in [0.2, 0.25) is 0 Å². The van der Waals surface area contributed by atoms with Crippen LogP contribution >= 0.6 is 0 Å². The van der Waals surface area contributed by atoms with Crippen molar-refractivity contribution < 1.29 is 9.84 Å². The third-order valence-electron chi connectivity index (χ3n) is 4.29. The summed E-state index contributed by atoms with van der Waals surface area (Å²) < 4.78 is 5.49. The molecule has 2 aliphatic rings. The fourth-order valence-corrected chi connectivity index (χ4v) is 3.38. The Labute approximate surface area is 110 Å². The third-order valence-corrected chi connectivity index (χ3v) is 4.29. The molecule has 18 heavy (non-hydrogen) atoms. The summed E-state index contributed by atoms with van der Waals surface area (Å²) in [6.45, 7) is 4.15. The molecule has 2 rings (SSSR count). The number of unbranched alkanes of at least 4 members (excludes halogenated alkanes) is 1. The van der Waals surface area contributed by atoms with Gasteiger partial charge in [0, 0.05) is 31.3 Å². The van der Waals surface area contributed by atoms with Crippen LogP contribution in [0.5, 0.6) is 0 Å². The van der Waals surface area contributed by atoms with E-state index in [0.717, 1.165) is 38.8 Å². The normalized spacial score (nSPS) is 33.8. The van der Waals surface area contributed by atoms with Crippen molar-refractivity contribution in [1.29, 1.82) is 0 Å². The van der Waals surface area contributed by atoms with Gasteiger partial charge in [-0.3, -0.25) is 4.90 Å². The highest BCUT2D eigenvalue weighted by atomic mass is 16.5. The fourth-order valence-electron chi connectivity index (χ4n) is 3.38. The van der Waals surface area contributed by atoms with Gasteiger partial charge in [-0.25, -0.2) is 0 Å². The largest absolute Gasteiger partial charge is 0.389 e. The Hall–Kier alpha value is -0.160. The van der Waals surface area contributed by atoms with E-state index in [-0.39, 0.29) is 6.10 Å². The van der Waals surface area contributed by atoms with E-state index < -0.39 is 0 Å². The van der Waals surface area contributed by atoms with Crippen molar-refractivity contribution in [2.75, 3.05) is 19.8 Å². The van der Waals surface area contributed by atoms with Crippen molar-refractivity contribution >= 4 is 0 Å². The number of piperidine rings is 1. The molecule has 0 aromatic rings. The zero-order chi connectivity index (χ0) is 13.0. The lowest BCUT2D eigenvalue weighted by Crippen LogP contribution is -2.50. The van der Waals surface area contributed by atoms with E-state index in [9.17, 15) is 5.11 Å². The summed E-state index contributed by atoms with van der Waals surface area (Å²) in [5, 5.41) is 10.0. The van der Waals surface area contributed by atoms with E-state index in [4.69, 9.17) is 10.5 Å². The van der Waals surface area contributed by atoms with Gasteiger partial charge in [-0.05, 0) is 32.1 Å². The summed E-state index contributed by atoms with van der Waals surface area (Å²) in [5.74, 6) is 0. The summed E-state index contributed by atoms with van der Waals surface area (Å²) in [6, 6.07) is 1.57. The zero-order valence-electron chi connectivity index (χ0n) is 11.6. The van der Waals surface area contributed by atoms with E-state index >= 15 is 0 Å². The maximum Gasteiger partial charge on any atom is 0.0900 e. The van der Waals surface area contributed by atoms with Crippen LogP contribution in [0.1, 0.15) is 45.4 Å². The number of ether oxygens (including phenoxy) is 1. The van der Waals surface area contributed by atoms with Crippen LogP contribution in [0.25, 0.3) is 0 Å². The minimum absolute atomic E-state index is 0.348. The van der Waals surface area contributed by atoms with E-state index in [0.29, 0.717) is 24.7 Å². The van der Waals surface area contributed by atoms with Crippen LogP contribution in [0.2, 0.25) is 0 Å². The molecule has 0 spiro atoms. The molecule has 2 heterocycles. The van der Waals surface area contributed by atoms with Crippen LogP contribution in [-0.2, 0) is 4.74 Å². The maximum atomic E-state index is 10.0. The SMILES string of the molecule is CCCCOCC(O)CN1C2CCC1CC(N)C2. The Morgan fingerprint density at radius 2 is 2.00 bits per heavy atom. The Morgan fingerprint density at radius 1 is 1.33 bits per heavy atom. The first kappa shape index (κ1) is 14.3. The van der Waals surface area contributed by atoms with Gasteiger partial charge >= 0.3 is 0 Å². The quantitative estimate of drug-likeness (QED) is 0.670. The first-order valence-corrected chi connectivity index (χ1v) is 7.47.